The summed E-state index contributed by atoms with van der Waals surface area (Å²) in [6, 6.07) is 6.71. The molecule has 110 valence electrons. The quantitative estimate of drug-likeness (QED) is 0.908. The van der Waals surface area contributed by atoms with E-state index in [1.54, 1.807) is 24.3 Å². The number of hydrogen-bond acceptors (Lipinski definition) is 4. The fourth-order valence-electron chi connectivity index (χ4n) is 1.69. The van der Waals surface area contributed by atoms with Gasteiger partial charge in [0.25, 0.3) is 5.91 Å². The summed E-state index contributed by atoms with van der Waals surface area (Å²) in [6.07, 6.45) is 0. The minimum absolute atomic E-state index is 0.142. The summed E-state index contributed by atoms with van der Waals surface area (Å²) >= 11 is 1.41. The third-order valence-corrected chi connectivity index (χ3v) is 3.58. The van der Waals surface area contributed by atoms with Gasteiger partial charge in [0.2, 0.25) is 5.91 Å². The molecule has 0 radical (unpaired) electrons. The zero-order valence-electron chi connectivity index (χ0n) is 12.1. The van der Waals surface area contributed by atoms with Crippen LogP contribution < -0.4 is 10.6 Å². The van der Waals surface area contributed by atoms with E-state index in [-0.39, 0.29) is 11.8 Å². The number of nitrogens with one attached hydrogen (secondary N) is 2. The third-order valence-electron chi connectivity index (χ3n) is 2.80. The molecule has 0 unspecified atom stereocenters. The van der Waals surface area contributed by atoms with Crippen LogP contribution in [0.1, 0.15) is 42.7 Å². The van der Waals surface area contributed by atoms with Crippen molar-refractivity contribution in [2.75, 3.05) is 10.6 Å². The van der Waals surface area contributed by atoms with Crippen molar-refractivity contribution < 1.29 is 9.59 Å². The lowest BCUT2D eigenvalue weighted by atomic mass is 10.2. The molecule has 0 atom stereocenters. The molecule has 0 spiro atoms. The Morgan fingerprint density at radius 1 is 1.14 bits per heavy atom. The van der Waals surface area contributed by atoms with Crippen molar-refractivity contribution >= 4 is 34.0 Å². The molecular formula is C15H17N3O2S. The minimum atomic E-state index is -0.214. The van der Waals surface area contributed by atoms with Crippen LogP contribution in [-0.2, 0) is 4.79 Å². The Hall–Kier alpha value is -2.21. The lowest BCUT2D eigenvalue weighted by Gasteiger charge is -2.04. The first-order valence-electron chi connectivity index (χ1n) is 6.60. The Labute approximate surface area is 127 Å². The van der Waals surface area contributed by atoms with E-state index >= 15 is 0 Å². The first-order valence-corrected chi connectivity index (χ1v) is 7.48. The first-order chi connectivity index (χ1) is 9.95. The second-order valence-corrected chi connectivity index (χ2v) is 5.80. The molecule has 1 aromatic carbocycles. The number of amides is 2. The van der Waals surface area contributed by atoms with Crippen LogP contribution in [-0.4, -0.2) is 16.8 Å². The van der Waals surface area contributed by atoms with Crippen molar-refractivity contribution in [2.45, 2.75) is 26.7 Å². The highest BCUT2D eigenvalue weighted by Gasteiger charge is 2.10. The Morgan fingerprint density at radius 3 is 2.33 bits per heavy atom. The molecule has 0 bridgehead atoms. The molecule has 2 amide bonds. The van der Waals surface area contributed by atoms with Crippen molar-refractivity contribution in [2.24, 2.45) is 0 Å². The fourth-order valence-corrected chi connectivity index (χ4v) is 2.55. The van der Waals surface area contributed by atoms with Crippen LogP contribution in [0.5, 0.6) is 0 Å². The molecule has 0 aliphatic heterocycles. The molecule has 21 heavy (non-hydrogen) atoms. The van der Waals surface area contributed by atoms with Crippen LogP contribution in [0.15, 0.2) is 29.6 Å². The molecule has 0 fully saturated rings. The highest BCUT2D eigenvalue weighted by molar-refractivity contribution is 7.14. The van der Waals surface area contributed by atoms with E-state index in [9.17, 15) is 9.59 Å². The summed E-state index contributed by atoms with van der Waals surface area (Å²) in [7, 11) is 0. The number of aromatic nitrogens is 1. The predicted octanol–water partition coefficient (Wildman–Crippen LogP) is 3.48. The standard InChI is InChI=1S/C15H17N3O2S/c1-9(2)13-8-21-15(17-13)18-14(20)11-4-6-12(7-5-11)16-10(3)19/h4-9H,1-3H3,(H,16,19)(H,17,18,20). The van der Waals surface area contributed by atoms with Gasteiger partial charge in [-0.2, -0.15) is 0 Å². The Kier molecular flexibility index (Phi) is 4.70. The van der Waals surface area contributed by atoms with Crippen molar-refractivity contribution in [1.82, 2.24) is 4.98 Å². The maximum Gasteiger partial charge on any atom is 0.257 e. The molecule has 1 heterocycles. The summed E-state index contributed by atoms with van der Waals surface area (Å²) in [5, 5.41) is 7.97. The Morgan fingerprint density at radius 2 is 1.81 bits per heavy atom. The van der Waals surface area contributed by atoms with Gasteiger partial charge in [0.05, 0.1) is 5.69 Å². The van der Waals surface area contributed by atoms with Gasteiger partial charge >= 0.3 is 0 Å². The monoisotopic (exact) mass is 303 g/mol. The van der Waals surface area contributed by atoms with E-state index in [2.05, 4.69) is 29.5 Å². The molecule has 0 saturated heterocycles. The zero-order valence-corrected chi connectivity index (χ0v) is 13.0. The number of hydrogen-bond donors (Lipinski definition) is 2. The average Bonchev–Trinajstić information content (AvgIpc) is 2.87. The van der Waals surface area contributed by atoms with Crippen LogP contribution in [0.25, 0.3) is 0 Å². The van der Waals surface area contributed by atoms with E-state index < -0.39 is 0 Å². The summed E-state index contributed by atoms with van der Waals surface area (Å²) in [4.78, 5) is 27.4. The smallest absolute Gasteiger partial charge is 0.257 e. The Balaban J connectivity index is 2.04. The van der Waals surface area contributed by atoms with Gasteiger partial charge in [-0.05, 0) is 30.2 Å². The maximum atomic E-state index is 12.1. The number of nitrogens with zero attached hydrogens (tertiary/aromatic N) is 1. The van der Waals surface area contributed by atoms with Gasteiger partial charge in [0, 0.05) is 23.6 Å². The van der Waals surface area contributed by atoms with E-state index in [1.165, 1.54) is 18.3 Å². The van der Waals surface area contributed by atoms with Crippen LogP contribution >= 0.6 is 11.3 Å². The molecule has 1 aromatic heterocycles. The van der Waals surface area contributed by atoms with Crippen LogP contribution in [0.2, 0.25) is 0 Å². The fraction of sp³-hybridized carbons (Fsp3) is 0.267. The molecule has 0 saturated carbocycles. The average molecular weight is 303 g/mol. The third kappa shape index (κ3) is 4.13. The van der Waals surface area contributed by atoms with Crippen molar-refractivity contribution in [3.63, 3.8) is 0 Å². The number of thiazole rings is 1. The SMILES string of the molecule is CC(=O)Nc1ccc(C(=O)Nc2nc(C(C)C)cs2)cc1. The Bertz CT molecular complexity index is 647. The summed E-state index contributed by atoms with van der Waals surface area (Å²) in [5.41, 5.74) is 2.15. The largest absolute Gasteiger partial charge is 0.326 e. The molecule has 6 heteroatoms. The summed E-state index contributed by atoms with van der Waals surface area (Å²) in [5.74, 6) is -0.0194. The van der Waals surface area contributed by atoms with Crippen molar-refractivity contribution in [3.8, 4) is 0 Å². The lowest BCUT2D eigenvalue weighted by molar-refractivity contribution is -0.114. The summed E-state index contributed by atoms with van der Waals surface area (Å²) < 4.78 is 0. The van der Waals surface area contributed by atoms with Gasteiger partial charge in [-0.15, -0.1) is 11.3 Å². The van der Waals surface area contributed by atoms with Gasteiger partial charge in [-0.1, -0.05) is 13.8 Å². The minimum Gasteiger partial charge on any atom is -0.326 e. The second kappa shape index (κ2) is 6.49. The normalized spacial score (nSPS) is 10.5. The van der Waals surface area contributed by atoms with Crippen molar-refractivity contribution in [1.29, 1.82) is 0 Å². The van der Waals surface area contributed by atoms with Crippen LogP contribution in [0.3, 0.4) is 0 Å². The van der Waals surface area contributed by atoms with E-state index in [4.69, 9.17) is 0 Å². The highest BCUT2D eigenvalue weighted by atomic mass is 32.1. The van der Waals surface area contributed by atoms with Gasteiger partial charge in [0.15, 0.2) is 5.13 Å². The van der Waals surface area contributed by atoms with Gasteiger partial charge in [0.1, 0.15) is 0 Å². The molecule has 0 aliphatic rings. The maximum absolute atomic E-state index is 12.1. The van der Waals surface area contributed by atoms with Crippen LogP contribution in [0.4, 0.5) is 10.8 Å². The topological polar surface area (TPSA) is 71.1 Å². The molecule has 2 aromatic rings. The molecular weight excluding hydrogens is 286 g/mol. The second-order valence-electron chi connectivity index (χ2n) is 4.94. The number of anilines is 2. The lowest BCUT2D eigenvalue weighted by Crippen LogP contribution is -2.12. The van der Waals surface area contributed by atoms with Gasteiger partial charge < -0.3 is 5.32 Å². The van der Waals surface area contributed by atoms with Gasteiger partial charge in [-0.3, -0.25) is 14.9 Å². The van der Waals surface area contributed by atoms with Crippen molar-refractivity contribution in [3.05, 3.63) is 40.9 Å². The van der Waals surface area contributed by atoms with Gasteiger partial charge in [-0.25, -0.2) is 4.98 Å². The number of carbonyl (C=O) groups is 2. The van der Waals surface area contributed by atoms with Crippen LogP contribution in [0, 0.1) is 0 Å². The first kappa shape index (κ1) is 15.2. The molecule has 2 N–H and O–H groups in total. The summed E-state index contributed by atoms with van der Waals surface area (Å²) in [6.45, 7) is 5.55. The zero-order chi connectivity index (χ0) is 15.4. The molecule has 2 rings (SSSR count). The highest BCUT2D eigenvalue weighted by Crippen LogP contribution is 2.22. The van der Waals surface area contributed by atoms with E-state index in [0.29, 0.717) is 22.3 Å². The van der Waals surface area contributed by atoms with E-state index in [0.717, 1.165) is 5.69 Å². The number of benzene rings is 1. The molecule has 5 nitrogen and oxygen atoms in total. The predicted molar refractivity (Wildman–Crippen MR) is 84.9 cm³/mol. The molecule has 0 aliphatic carbocycles. The number of carbonyl (C=O) groups excluding carboxylic acids is 2. The number of rotatable bonds is 4. The van der Waals surface area contributed by atoms with E-state index in [1.807, 2.05) is 5.38 Å².